The van der Waals surface area contributed by atoms with Crippen LogP contribution in [-0.2, 0) is 4.74 Å². The van der Waals surface area contributed by atoms with Gasteiger partial charge in [0.25, 0.3) is 0 Å². The fourth-order valence-electron chi connectivity index (χ4n) is 3.77. The Morgan fingerprint density at radius 1 is 1.16 bits per heavy atom. The predicted molar refractivity (Wildman–Crippen MR) is 77.2 cm³/mol. The molecule has 3 aliphatic rings. The highest BCUT2D eigenvalue weighted by Crippen LogP contribution is 2.39. The molecule has 1 heterocycles. The summed E-state index contributed by atoms with van der Waals surface area (Å²) in [5.74, 6) is 1.01. The quantitative estimate of drug-likeness (QED) is 0.777. The molecule has 0 bridgehead atoms. The molecule has 0 aromatic carbocycles. The van der Waals surface area contributed by atoms with Crippen LogP contribution in [-0.4, -0.2) is 67.3 Å². The maximum absolute atomic E-state index is 6.07. The topological polar surface area (TPSA) is 41.7 Å². The fourth-order valence-corrected chi connectivity index (χ4v) is 3.77. The number of rotatable bonds is 6. The summed E-state index contributed by atoms with van der Waals surface area (Å²) in [4.78, 5) is 5.29. The summed E-state index contributed by atoms with van der Waals surface area (Å²) in [5, 5.41) is 0. The van der Waals surface area contributed by atoms with Gasteiger partial charge in [-0.15, -0.1) is 0 Å². The molecule has 0 radical (unpaired) electrons. The van der Waals surface area contributed by atoms with Crippen LogP contribution in [0.2, 0.25) is 0 Å². The van der Waals surface area contributed by atoms with Gasteiger partial charge in [0.1, 0.15) is 0 Å². The lowest BCUT2D eigenvalue weighted by atomic mass is 9.72. The summed E-state index contributed by atoms with van der Waals surface area (Å²) in [6, 6.07) is 0. The van der Waals surface area contributed by atoms with Gasteiger partial charge in [-0.2, -0.15) is 0 Å². The van der Waals surface area contributed by atoms with E-state index in [1.807, 2.05) is 0 Å². The van der Waals surface area contributed by atoms with Crippen molar-refractivity contribution in [2.45, 2.75) is 44.2 Å². The fraction of sp³-hybridized carbons (Fsp3) is 1.00. The molecule has 110 valence electrons. The second-order valence-electron chi connectivity index (χ2n) is 6.65. The minimum Gasteiger partial charge on any atom is -0.378 e. The van der Waals surface area contributed by atoms with Gasteiger partial charge < -0.3 is 15.4 Å². The smallest absolute Gasteiger partial charge is 0.0611 e. The molecule has 0 amide bonds. The Balaban J connectivity index is 1.46. The molecule has 0 aromatic heterocycles. The highest BCUT2D eigenvalue weighted by Gasteiger charge is 2.48. The van der Waals surface area contributed by atoms with Crippen molar-refractivity contribution < 1.29 is 4.74 Å². The summed E-state index contributed by atoms with van der Waals surface area (Å²) in [7, 11) is 0. The van der Waals surface area contributed by atoms with Crippen molar-refractivity contribution >= 4 is 0 Å². The Morgan fingerprint density at radius 2 is 1.84 bits per heavy atom. The molecule has 3 rings (SSSR count). The summed E-state index contributed by atoms with van der Waals surface area (Å²) in [6.45, 7) is 9.91. The molecule has 4 heteroatoms. The lowest BCUT2D eigenvalue weighted by molar-refractivity contribution is -0.110. The molecule has 2 aliphatic carbocycles. The SMILES string of the molecule is CCOC1CC(CN)(N2CCN(CC3CC3)CC2)C1. The first kappa shape index (κ1) is 13.8. The zero-order chi connectivity index (χ0) is 13.3. The van der Waals surface area contributed by atoms with Crippen molar-refractivity contribution in [3.63, 3.8) is 0 Å². The van der Waals surface area contributed by atoms with E-state index in [-0.39, 0.29) is 5.54 Å². The van der Waals surface area contributed by atoms with Crippen molar-refractivity contribution in [2.24, 2.45) is 11.7 Å². The minimum atomic E-state index is 0.255. The second-order valence-corrected chi connectivity index (χ2v) is 6.65. The average molecular weight is 267 g/mol. The molecule has 0 atom stereocenters. The van der Waals surface area contributed by atoms with Crippen LogP contribution in [0, 0.1) is 5.92 Å². The third kappa shape index (κ3) is 2.97. The van der Waals surface area contributed by atoms with Gasteiger partial charge in [0.15, 0.2) is 0 Å². The van der Waals surface area contributed by atoms with Gasteiger partial charge in [-0.05, 0) is 38.5 Å². The van der Waals surface area contributed by atoms with Crippen molar-refractivity contribution in [3.05, 3.63) is 0 Å². The van der Waals surface area contributed by atoms with Crippen molar-refractivity contribution in [1.29, 1.82) is 0 Å². The van der Waals surface area contributed by atoms with Gasteiger partial charge in [0, 0.05) is 51.4 Å². The van der Waals surface area contributed by atoms with Crippen molar-refractivity contribution in [1.82, 2.24) is 9.80 Å². The molecular formula is C15H29N3O. The highest BCUT2D eigenvalue weighted by molar-refractivity contribution is 5.05. The molecular weight excluding hydrogens is 238 g/mol. The summed E-state index contributed by atoms with van der Waals surface area (Å²) >= 11 is 0. The summed E-state index contributed by atoms with van der Waals surface area (Å²) in [6.07, 6.45) is 5.66. The normalized spacial score (nSPS) is 37.3. The summed E-state index contributed by atoms with van der Waals surface area (Å²) < 4.78 is 5.72. The van der Waals surface area contributed by atoms with Crippen LogP contribution in [0.1, 0.15) is 32.6 Å². The standard InChI is InChI=1S/C15H29N3O/c1-2-19-14-9-15(10-14,12-16)18-7-5-17(6-8-18)11-13-3-4-13/h13-14H,2-12,16H2,1H3. The molecule has 19 heavy (non-hydrogen) atoms. The third-order valence-electron chi connectivity index (χ3n) is 5.25. The summed E-state index contributed by atoms with van der Waals surface area (Å²) in [5.41, 5.74) is 6.33. The predicted octanol–water partition coefficient (Wildman–Crippen LogP) is 0.910. The Morgan fingerprint density at radius 3 is 2.37 bits per heavy atom. The van der Waals surface area contributed by atoms with Gasteiger partial charge >= 0.3 is 0 Å². The zero-order valence-corrected chi connectivity index (χ0v) is 12.3. The van der Waals surface area contributed by atoms with Crippen LogP contribution >= 0.6 is 0 Å². The molecule has 1 aliphatic heterocycles. The van der Waals surface area contributed by atoms with E-state index in [0.717, 1.165) is 31.9 Å². The van der Waals surface area contributed by atoms with Gasteiger partial charge in [0.05, 0.1) is 6.10 Å². The number of hydrogen-bond donors (Lipinski definition) is 1. The molecule has 0 spiro atoms. The second kappa shape index (κ2) is 5.68. The maximum Gasteiger partial charge on any atom is 0.0611 e. The van der Waals surface area contributed by atoms with E-state index in [9.17, 15) is 0 Å². The van der Waals surface area contributed by atoms with Gasteiger partial charge in [0.2, 0.25) is 0 Å². The van der Waals surface area contributed by atoms with Crippen LogP contribution < -0.4 is 5.73 Å². The maximum atomic E-state index is 6.07. The van der Waals surface area contributed by atoms with Crippen molar-refractivity contribution in [3.8, 4) is 0 Å². The average Bonchev–Trinajstić information content (AvgIpc) is 3.19. The van der Waals surface area contributed by atoms with Crippen LogP contribution in [0.15, 0.2) is 0 Å². The number of hydrogen-bond acceptors (Lipinski definition) is 4. The lowest BCUT2D eigenvalue weighted by Crippen LogP contribution is -2.67. The molecule has 0 unspecified atom stereocenters. The van der Waals surface area contributed by atoms with E-state index >= 15 is 0 Å². The Bertz CT molecular complexity index is 292. The Labute approximate surface area is 117 Å². The first-order valence-electron chi connectivity index (χ1n) is 8.05. The monoisotopic (exact) mass is 267 g/mol. The highest BCUT2D eigenvalue weighted by atomic mass is 16.5. The Hall–Kier alpha value is -0.160. The number of ether oxygens (including phenoxy) is 1. The number of nitrogens with two attached hydrogens (primary N) is 1. The molecule has 2 N–H and O–H groups in total. The van der Waals surface area contributed by atoms with E-state index in [2.05, 4.69) is 16.7 Å². The molecule has 3 fully saturated rings. The first-order chi connectivity index (χ1) is 9.25. The van der Waals surface area contributed by atoms with E-state index in [4.69, 9.17) is 10.5 Å². The van der Waals surface area contributed by atoms with Gasteiger partial charge in [-0.1, -0.05) is 0 Å². The van der Waals surface area contributed by atoms with Gasteiger partial charge in [-0.25, -0.2) is 0 Å². The van der Waals surface area contributed by atoms with Crippen LogP contribution in [0.3, 0.4) is 0 Å². The van der Waals surface area contributed by atoms with Crippen LogP contribution in [0.5, 0.6) is 0 Å². The molecule has 4 nitrogen and oxygen atoms in total. The van der Waals surface area contributed by atoms with Gasteiger partial charge in [-0.3, -0.25) is 4.90 Å². The molecule has 1 saturated heterocycles. The van der Waals surface area contributed by atoms with Crippen molar-refractivity contribution in [2.75, 3.05) is 45.9 Å². The third-order valence-corrected chi connectivity index (χ3v) is 5.25. The van der Waals surface area contributed by atoms with Crippen LogP contribution in [0.4, 0.5) is 0 Å². The molecule has 2 saturated carbocycles. The minimum absolute atomic E-state index is 0.255. The number of nitrogens with zero attached hydrogens (tertiary/aromatic N) is 2. The van der Waals surface area contributed by atoms with E-state index in [1.54, 1.807) is 0 Å². The van der Waals surface area contributed by atoms with E-state index < -0.39 is 0 Å². The van der Waals surface area contributed by atoms with E-state index in [1.165, 1.54) is 45.6 Å². The van der Waals surface area contributed by atoms with Crippen LogP contribution in [0.25, 0.3) is 0 Å². The zero-order valence-electron chi connectivity index (χ0n) is 12.3. The largest absolute Gasteiger partial charge is 0.378 e. The first-order valence-corrected chi connectivity index (χ1v) is 8.05. The van der Waals surface area contributed by atoms with E-state index in [0.29, 0.717) is 6.10 Å². The molecule has 0 aromatic rings. The lowest BCUT2D eigenvalue weighted by Gasteiger charge is -2.55. The Kier molecular flexibility index (Phi) is 4.13. The number of piperazine rings is 1.